The van der Waals surface area contributed by atoms with Crippen LogP contribution in [0.3, 0.4) is 0 Å². The van der Waals surface area contributed by atoms with Crippen molar-refractivity contribution in [1.82, 2.24) is 0 Å². The van der Waals surface area contributed by atoms with E-state index in [0.717, 1.165) is 11.3 Å². The number of thiol groups is 1. The molecule has 1 aromatic carbocycles. The van der Waals surface area contributed by atoms with Gasteiger partial charge in [-0.2, -0.15) is 12.6 Å². The summed E-state index contributed by atoms with van der Waals surface area (Å²) >= 11 is 9.85. The molecular formula is C9H11ClOS. The second-order valence-electron chi connectivity index (χ2n) is 2.48. The molecule has 1 rings (SSSR count). The number of ether oxygens (including phenoxy) is 1. The molecule has 0 saturated heterocycles. The monoisotopic (exact) mass is 202 g/mol. The fraction of sp³-hybridized carbons (Fsp3) is 0.333. The molecule has 12 heavy (non-hydrogen) atoms. The molecule has 0 saturated carbocycles. The Morgan fingerprint density at radius 2 is 2.25 bits per heavy atom. The smallest absolute Gasteiger partial charge is 0.123 e. The Hall–Kier alpha value is -0.340. The third-order valence-electron chi connectivity index (χ3n) is 1.50. The van der Waals surface area contributed by atoms with Gasteiger partial charge in [-0.25, -0.2) is 0 Å². The minimum absolute atomic E-state index is 0.615. The minimum Gasteiger partial charge on any atom is -0.492 e. The summed E-state index contributed by atoms with van der Waals surface area (Å²) in [5.74, 6) is 1.56. The van der Waals surface area contributed by atoms with Crippen molar-refractivity contribution in [2.24, 2.45) is 0 Å². The Morgan fingerprint density at radius 1 is 1.50 bits per heavy atom. The highest BCUT2D eigenvalue weighted by molar-refractivity contribution is 7.80. The van der Waals surface area contributed by atoms with Gasteiger partial charge >= 0.3 is 0 Å². The van der Waals surface area contributed by atoms with Crippen LogP contribution in [-0.2, 0) is 0 Å². The maximum absolute atomic E-state index is 5.80. The molecule has 66 valence electrons. The first-order valence-electron chi connectivity index (χ1n) is 3.74. The predicted molar refractivity (Wildman–Crippen MR) is 55.5 cm³/mol. The van der Waals surface area contributed by atoms with E-state index in [-0.39, 0.29) is 0 Å². The molecule has 1 nitrogen and oxygen atoms in total. The molecule has 0 radical (unpaired) electrons. The Bertz CT molecular complexity index is 263. The summed E-state index contributed by atoms with van der Waals surface area (Å²) in [5.41, 5.74) is 1.10. The molecule has 0 amide bonds. The molecule has 0 aliphatic rings. The maximum Gasteiger partial charge on any atom is 0.123 e. The van der Waals surface area contributed by atoms with E-state index in [1.807, 2.05) is 25.1 Å². The van der Waals surface area contributed by atoms with Gasteiger partial charge in [-0.05, 0) is 24.6 Å². The minimum atomic E-state index is 0.615. The van der Waals surface area contributed by atoms with Crippen molar-refractivity contribution in [2.45, 2.75) is 6.92 Å². The van der Waals surface area contributed by atoms with Crippen LogP contribution in [0.25, 0.3) is 0 Å². The van der Waals surface area contributed by atoms with Crippen molar-refractivity contribution in [1.29, 1.82) is 0 Å². The summed E-state index contributed by atoms with van der Waals surface area (Å²) in [6.07, 6.45) is 0. The molecule has 0 spiro atoms. The van der Waals surface area contributed by atoms with Crippen molar-refractivity contribution in [3.05, 3.63) is 28.8 Å². The highest BCUT2D eigenvalue weighted by Crippen LogP contribution is 2.22. The number of halogens is 1. The van der Waals surface area contributed by atoms with Crippen molar-refractivity contribution in [3.63, 3.8) is 0 Å². The van der Waals surface area contributed by atoms with Crippen LogP contribution in [0.4, 0.5) is 0 Å². The van der Waals surface area contributed by atoms with Crippen molar-refractivity contribution in [2.75, 3.05) is 12.4 Å². The Labute approximate surface area is 83.1 Å². The summed E-state index contributed by atoms with van der Waals surface area (Å²) in [6, 6.07) is 5.61. The number of benzene rings is 1. The van der Waals surface area contributed by atoms with Crippen LogP contribution in [0, 0.1) is 6.92 Å². The van der Waals surface area contributed by atoms with Crippen LogP contribution in [0.1, 0.15) is 5.56 Å². The van der Waals surface area contributed by atoms with Crippen LogP contribution >= 0.6 is 24.2 Å². The van der Waals surface area contributed by atoms with Gasteiger partial charge in [-0.15, -0.1) is 0 Å². The predicted octanol–water partition coefficient (Wildman–Crippen LogP) is 2.96. The van der Waals surface area contributed by atoms with Gasteiger partial charge in [0.2, 0.25) is 0 Å². The second-order valence-corrected chi connectivity index (χ2v) is 3.37. The molecule has 0 aromatic heterocycles. The van der Waals surface area contributed by atoms with Crippen molar-refractivity contribution >= 4 is 24.2 Å². The van der Waals surface area contributed by atoms with Gasteiger partial charge in [0.15, 0.2) is 0 Å². The molecule has 0 aliphatic carbocycles. The van der Waals surface area contributed by atoms with Gasteiger partial charge < -0.3 is 4.74 Å². The van der Waals surface area contributed by atoms with Gasteiger partial charge in [-0.3, -0.25) is 0 Å². The van der Waals surface area contributed by atoms with Crippen molar-refractivity contribution < 1.29 is 4.74 Å². The zero-order chi connectivity index (χ0) is 8.97. The van der Waals surface area contributed by atoms with Crippen LogP contribution in [0.5, 0.6) is 5.75 Å². The van der Waals surface area contributed by atoms with E-state index in [1.165, 1.54) is 0 Å². The van der Waals surface area contributed by atoms with Crippen LogP contribution < -0.4 is 4.74 Å². The van der Waals surface area contributed by atoms with E-state index in [1.54, 1.807) is 0 Å². The third kappa shape index (κ3) is 2.61. The summed E-state index contributed by atoms with van der Waals surface area (Å²) in [4.78, 5) is 0. The largest absolute Gasteiger partial charge is 0.492 e. The highest BCUT2D eigenvalue weighted by atomic mass is 35.5. The van der Waals surface area contributed by atoms with Crippen molar-refractivity contribution in [3.8, 4) is 5.75 Å². The first-order chi connectivity index (χ1) is 5.74. The summed E-state index contributed by atoms with van der Waals surface area (Å²) in [7, 11) is 0. The molecule has 1 aromatic rings. The normalized spacial score (nSPS) is 9.92. The molecule has 0 fully saturated rings. The van der Waals surface area contributed by atoms with Gasteiger partial charge in [0, 0.05) is 10.8 Å². The first kappa shape index (κ1) is 9.75. The second kappa shape index (κ2) is 4.63. The van der Waals surface area contributed by atoms with Gasteiger partial charge in [0.05, 0.1) is 6.61 Å². The van der Waals surface area contributed by atoms with E-state index < -0.39 is 0 Å². The molecule has 3 heteroatoms. The third-order valence-corrected chi connectivity index (χ3v) is 1.92. The Kier molecular flexibility index (Phi) is 3.76. The zero-order valence-corrected chi connectivity index (χ0v) is 8.53. The lowest BCUT2D eigenvalue weighted by Crippen LogP contribution is -1.99. The van der Waals surface area contributed by atoms with Gasteiger partial charge in [-0.1, -0.05) is 17.7 Å². The van der Waals surface area contributed by atoms with E-state index >= 15 is 0 Å². The molecular weight excluding hydrogens is 192 g/mol. The van der Waals surface area contributed by atoms with Crippen LogP contribution in [-0.4, -0.2) is 12.4 Å². The van der Waals surface area contributed by atoms with E-state index in [9.17, 15) is 0 Å². The Balaban J connectivity index is 2.75. The molecule has 0 bridgehead atoms. The lowest BCUT2D eigenvalue weighted by Gasteiger charge is -2.07. The lowest BCUT2D eigenvalue weighted by molar-refractivity contribution is 0.342. The van der Waals surface area contributed by atoms with Crippen LogP contribution in [0.2, 0.25) is 5.02 Å². The standard InChI is InChI=1S/C9H11ClOS/c1-7-2-3-8(10)6-9(7)11-4-5-12/h2-3,6,12H,4-5H2,1H3. The highest BCUT2D eigenvalue weighted by Gasteiger charge is 1.98. The number of hydrogen-bond acceptors (Lipinski definition) is 2. The number of hydrogen-bond donors (Lipinski definition) is 1. The molecule has 0 atom stereocenters. The SMILES string of the molecule is Cc1ccc(Cl)cc1OCCS. The van der Waals surface area contributed by atoms with Crippen LogP contribution in [0.15, 0.2) is 18.2 Å². The fourth-order valence-electron chi connectivity index (χ4n) is 0.885. The van der Waals surface area contributed by atoms with E-state index in [0.29, 0.717) is 17.4 Å². The lowest BCUT2D eigenvalue weighted by atomic mass is 10.2. The maximum atomic E-state index is 5.80. The Morgan fingerprint density at radius 3 is 2.92 bits per heavy atom. The van der Waals surface area contributed by atoms with E-state index in [2.05, 4.69) is 12.6 Å². The van der Waals surface area contributed by atoms with Gasteiger partial charge in [0.25, 0.3) is 0 Å². The quantitative estimate of drug-likeness (QED) is 0.742. The summed E-state index contributed by atoms with van der Waals surface area (Å²) < 4.78 is 5.41. The summed E-state index contributed by atoms with van der Waals surface area (Å²) in [6.45, 7) is 2.61. The molecule has 0 N–H and O–H groups in total. The number of aryl methyl sites for hydroxylation is 1. The summed E-state index contributed by atoms with van der Waals surface area (Å²) in [5, 5.41) is 0.703. The fourth-order valence-corrected chi connectivity index (χ4v) is 1.14. The molecule has 0 heterocycles. The first-order valence-corrected chi connectivity index (χ1v) is 4.75. The number of rotatable bonds is 3. The molecule has 0 aliphatic heterocycles. The average molecular weight is 203 g/mol. The molecule has 0 unspecified atom stereocenters. The zero-order valence-electron chi connectivity index (χ0n) is 6.88. The van der Waals surface area contributed by atoms with Gasteiger partial charge in [0.1, 0.15) is 5.75 Å². The topological polar surface area (TPSA) is 9.23 Å². The average Bonchev–Trinajstić information content (AvgIpc) is 2.07. The van der Waals surface area contributed by atoms with E-state index in [4.69, 9.17) is 16.3 Å².